The lowest BCUT2D eigenvalue weighted by atomic mass is 9.82. The highest BCUT2D eigenvalue weighted by atomic mass is 35.5. The van der Waals surface area contributed by atoms with E-state index in [1.807, 2.05) is 37.3 Å². The van der Waals surface area contributed by atoms with Crippen molar-refractivity contribution < 1.29 is 19.1 Å². The van der Waals surface area contributed by atoms with Crippen molar-refractivity contribution in [2.24, 2.45) is 5.92 Å². The molecule has 0 bridgehead atoms. The first-order valence-electron chi connectivity index (χ1n) is 12.8. The Balaban J connectivity index is 1.43. The van der Waals surface area contributed by atoms with Crippen LogP contribution < -0.4 is 19.8 Å². The third-order valence-corrected chi connectivity index (χ3v) is 10.1. The molecule has 1 fully saturated rings. The maximum Gasteiger partial charge on any atom is 0.308 e. The van der Waals surface area contributed by atoms with Crippen LogP contribution in [0.1, 0.15) is 21.9 Å². The molecule has 3 unspecified atom stereocenters. The molecule has 1 saturated heterocycles. The Morgan fingerprint density at radius 3 is 2.39 bits per heavy atom. The van der Waals surface area contributed by atoms with Crippen molar-refractivity contribution in [3.63, 3.8) is 0 Å². The molecule has 1 aromatic heterocycles. The number of ether oxygens (including phenoxy) is 1. The number of halogens is 1. The van der Waals surface area contributed by atoms with Crippen molar-refractivity contribution in [3.05, 3.63) is 103 Å². The molecule has 3 heterocycles. The van der Waals surface area contributed by atoms with Gasteiger partial charge in [-0.2, -0.15) is 0 Å². The van der Waals surface area contributed by atoms with E-state index in [0.717, 1.165) is 16.9 Å². The van der Waals surface area contributed by atoms with Crippen LogP contribution in [-0.4, -0.2) is 34.6 Å². The average molecular weight is 606 g/mol. The van der Waals surface area contributed by atoms with Crippen LogP contribution in [0.5, 0.6) is 5.75 Å². The Morgan fingerprint density at radius 2 is 1.68 bits per heavy atom. The fourth-order valence-electron chi connectivity index (χ4n) is 5.34. The number of carbonyl (C=O) groups is 3. The number of nitrogens with one attached hydrogen (secondary N) is 1. The van der Waals surface area contributed by atoms with Crippen molar-refractivity contribution in [3.8, 4) is 5.75 Å². The number of hydrogen-bond acceptors (Lipinski definition) is 7. The highest BCUT2D eigenvalue weighted by Gasteiger charge is 2.57. The molecule has 0 radical (unpaired) electrons. The largest absolute Gasteiger partial charge is 0.496 e. The van der Waals surface area contributed by atoms with Crippen LogP contribution in [0.4, 0.5) is 11.4 Å². The average Bonchev–Trinajstić information content (AvgIpc) is 3.41. The zero-order valence-electron chi connectivity index (χ0n) is 22.0. The minimum atomic E-state index is -0.805. The van der Waals surface area contributed by atoms with E-state index in [2.05, 4.69) is 5.32 Å². The number of thiazole rings is 1. The van der Waals surface area contributed by atoms with Crippen LogP contribution >= 0.6 is 34.7 Å². The Bertz CT molecular complexity index is 1730. The molecule has 3 amide bonds. The number of nitrogens with zero attached hydrogens (tertiary/aromatic N) is 2. The maximum absolute atomic E-state index is 14.0. The smallest absolute Gasteiger partial charge is 0.308 e. The molecule has 208 valence electrons. The van der Waals surface area contributed by atoms with Crippen LogP contribution in [-0.2, 0) is 20.9 Å². The Labute approximate surface area is 248 Å². The summed E-state index contributed by atoms with van der Waals surface area (Å²) in [5.74, 6) is -1.97. The van der Waals surface area contributed by atoms with Crippen LogP contribution in [0, 0.1) is 12.8 Å². The zero-order valence-corrected chi connectivity index (χ0v) is 24.4. The highest BCUT2D eigenvalue weighted by Crippen LogP contribution is 2.55. The number of imide groups is 1. The molecule has 3 atom stereocenters. The van der Waals surface area contributed by atoms with E-state index in [0.29, 0.717) is 37.6 Å². The summed E-state index contributed by atoms with van der Waals surface area (Å²) in [6, 6.07) is 21.2. The number of hydrogen-bond donors (Lipinski definition) is 1. The summed E-state index contributed by atoms with van der Waals surface area (Å²) in [7, 11) is 1.54. The molecular weight excluding hydrogens is 582 g/mol. The minimum Gasteiger partial charge on any atom is -0.496 e. The van der Waals surface area contributed by atoms with Gasteiger partial charge in [0, 0.05) is 27.1 Å². The molecule has 4 aromatic rings. The van der Waals surface area contributed by atoms with Gasteiger partial charge in [-0.15, -0.1) is 0 Å². The summed E-state index contributed by atoms with van der Waals surface area (Å²) in [5.41, 5.74) is 2.80. The second kappa shape index (κ2) is 10.8. The summed E-state index contributed by atoms with van der Waals surface area (Å²) in [4.78, 5) is 55.7. The topological polar surface area (TPSA) is 97.7 Å². The van der Waals surface area contributed by atoms with E-state index >= 15 is 0 Å². The van der Waals surface area contributed by atoms with Gasteiger partial charge in [-0.05, 0) is 49.4 Å². The maximum atomic E-state index is 14.0. The van der Waals surface area contributed by atoms with E-state index in [4.69, 9.17) is 16.3 Å². The molecule has 0 saturated carbocycles. The third-order valence-electron chi connectivity index (χ3n) is 7.25. The SMILES string of the molecule is COc1ccccc1C1c2sc(=O)n(CC(=O)Nc3ccc(C)cc3)c2SC2C(=O)N(c3ccc(Cl)cc3)C(=O)C21. The van der Waals surface area contributed by atoms with Crippen LogP contribution in [0.25, 0.3) is 0 Å². The van der Waals surface area contributed by atoms with E-state index in [1.165, 1.54) is 21.2 Å². The first kappa shape index (κ1) is 27.3. The molecule has 6 rings (SSSR count). The lowest BCUT2D eigenvalue weighted by Gasteiger charge is -2.31. The minimum absolute atomic E-state index is 0.232. The second-order valence-corrected chi connectivity index (χ2v) is 12.4. The number of benzene rings is 3. The van der Waals surface area contributed by atoms with Crippen LogP contribution in [0.3, 0.4) is 0 Å². The van der Waals surface area contributed by atoms with Gasteiger partial charge in [-0.25, -0.2) is 4.90 Å². The molecule has 1 N–H and O–H groups in total. The summed E-state index contributed by atoms with van der Waals surface area (Å²) < 4.78 is 7.05. The predicted molar refractivity (Wildman–Crippen MR) is 160 cm³/mol. The van der Waals surface area contributed by atoms with Gasteiger partial charge in [0.25, 0.3) is 0 Å². The normalized spacial score (nSPS) is 19.6. The fourth-order valence-corrected chi connectivity index (χ4v) is 8.23. The molecule has 41 heavy (non-hydrogen) atoms. The fraction of sp³-hybridized carbons (Fsp3) is 0.200. The number of anilines is 2. The molecule has 11 heteroatoms. The number of methoxy groups -OCH3 is 1. The van der Waals surface area contributed by atoms with E-state index < -0.39 is 17.1 Å². The zero-order chi connectivity index (χ0) is 28.8. The van der Waals surface area contributed by atoms with E-state index in [-0.39, 0.29) is 29.1 Å². The number of aryl methyl sites for hydroxylation is 1. The van der Waals surface area contributed by atoms with E-state index in [9.17, 15) is 19.2 Å². The van der Waals surface area contributed by atoms with Crippen molar-refractivity contribution in [1.29, 1.82) is 0 Å². The quantitative estimate of drug-likeness (QED) is 0.299. The highest BCUT2D eigenvalue weighted by molar-refractivity contribution is 8.00. The number of thioether (sulfide) groups is 1. The van der Waals surface area contributed by atoms with Crippen molar-refractivity contribution in [1.82, 2.24) is 4.57 Å². The molecule has 2 aliphatic heterocycles. The first-order chi connectivity index (χ1) is 19.8. The standard InChI is InChI=1S/C30H24ClN3O5S2/c1-16-7-11-18(12-8-16)32-22(35)15-33-29-26(41-30(33)38)23(20-5-3-4-6-21(20)39-2)24-25(40-29)28(37)34(27(24)36)19-13-9-17(31)10-14-19/h3-14,23-25H,15H2,1-2H3,(H,32,35). The van der Waals surface area contributed by atoms with Gasteiger partial charge in [0.15, 0.2) is 0 Å². The van der Waals surface area contributed by atoms with Gasteiger partial charge in [-0.3, -0.25) is 23.7 Å². The van der Waals surface area contributed by atoms with Gasteiger partial charge in [0.2, 0.25) is 17.7 Å². The Morgan fingerprint density at radius 1 is 0.976 bits per heavy atom. The van der Waals surface area contributed by atoms with Crippen molar-refractivity contribution >= 4 is 63.8 Å². The van der Waals surface area contributed by atoms with Gasteiger partial charge < -0.3 is 10.1 Å². The number of aromatic nitrogens is 1. The van der Waals surface area contributed by atoms with Crippen LogP contribution in [0.2, 0.25) is 5.02 Å². The summed E-state index contributed by atoms with van der Waals surface area (Å²) >= 11 is 8.21. The number of rotatable bonds is 6. The van der Waals surface area contributed by atoms with E-state index in [1.54, 1.807) is 49.6 Å². The molecular formula is C30H24ClN3O5S2. The monoisotopic (exact) mass is 605 g/mol. The van der Waals surface area contributed by atoms with Gasteiger partial charge in [-0.1, -0.05) is 70.6 Å². The summed E-state index contributed by atoms with van der Waals surface area (Å²) in [5, 5.41) is 3.03. The Kier molecular flexibility index (Phi) is 7.23. The second-order valence-electron chi connectivity index (χ2n) is 9.81. The first-order valence-corrected chi connectivity index (χ1v) is 14.9. The van der Waals surface area contributed by atoms with Gasteiger partial charge in [0.05, 0.1) is 23.7 Å². The molecule has 0 spiro atoms. The molecule has 0 aliphatic carbocycles. The number of para-hydroxylation sites is 1. The number of fused-ring (bicyclic) bond motifs is 2. The van der Waals surface area contributed by atoms with Crippen LogP contribution in [0.15, 0.2) is 82.6 Å². The van der Waals surface area contributed by atoms with Crippen molar-refractivity contribution in [2.45, 2.75) is 29.7 Å². The summed E-state index contributed by atoms with van der Waals surface area (Å²) in [6.07, 6.45) is 0. The lowest BCUT2D eigenvalue weighted by Crippen LogP contribution is -2.33. The third kappa shape index (κ3) is 4.86. The van der Waals surface area contributed by atoms with Gasteiger partial charge >= 0.3 is 4.87 Å². The number of amides is 3. The Hall–Kier alpha value is -3.86. The van der Waals surface area contributed by atoms with Gasteiger partial charge in [0.1, 0.15) is 17.5 Å². The molecule has 2 aliphatic rings. The molecule has 3 aromatic carbocycles. The summed E-state index contributed by atoms with van der Waals surface area (Å²) in [6.45, 7) is 1.72. The van der Waals surface area contributed by atoms with Crippen molar-refractivity contribution in [2.75, 3.05) is 17.3 Å². The number of carbonyl (C=O) groups excluding carboxylic acids is 3. The predicted octanol–water partition coefficient (Wildman–Crippen LogP) is 5.31. The molecule has 8 nitrogen and oxygen atoms in total. The lowest BCUT2D eigenvalue weighted by molar-refractivity contribution is -0.122.